The van der Waals surface area contributed by atoms with Gasteiger partial charge in [0.1, 0.15) is 4.62 Å². The van der Waals surface area contributed by atoms with E-state index in [4.69, 9.17) is 5.73 Å². The molecule has 0 spiro atoms. The molecule has 0 bridgehead atoms. The summed E-state index contributed by atoms with van der Waals surface area (Å²) >= 11 is 3.08. The summed E-state index contributed by atoms with van der Waals surface area (Å²) in [5.74, 6) is 0. The van der Waals surface area contributed by atoms with E-state index < -0.39 is 0 Å². The maximum Gasteiger partial charge on any atom is 0.130 e. The van der Waals surface area contributed by atoms with Crippen molar-refractivity contribution in [2.24, 2.45) is 10.7 Å². The van der Waals surface area contributed by atoms with E-state index in [0.29, 0.717) is 0 Å². The monoisotopic (exact) mass is 146 g/mol. The number of halogens is 1. The van der Waals surface area contributed by atoms with Crippen molar-refractivity contribution in [3.05, 3.63) is 11.9 Å². The quantitative estimate of drug-likeness (QED) is 0.535. The van der Waals surface area contributed by atoms with Gasteiger partial charge in [0.15, 0.2) is 0 Å². The molecule has 0 aromatic heterocycles. The zero-order valence-corrected chi connectivity index (χ0v) is 4.57. The summed E-state index contributed by atoms with van der Waals surface area (Å²) in [4.78, 5) is 3.70. The largest absolute Gasteiger partial charge is 0.395 e. The third-order valence-electron chi connectivity index (χ3n) is 0.555. The van der Waals surface area contributed by atoms with E-state index in [1.807, 2.05) is 0 Å². The lowest BCUT2D eigenvalue weighted by Crippen LogP contribution is -2.09. The van der Waals surface area contributed by atoms with E-state index in [1.54, 1.807) is 6.20 Å². The van der Waals surface area contributed by atoms with Crippen LogP contribution < -0.4 is 5.73 Å². The minimum Gasteiger partial charge on any atom is -0.395 e. The molecule has 0 aromatic rings. The summed E-state index contributed by atoms with van der Waals surface area (Å²) in [7, 11) is 0. The molecule has 2 nitrogen and oxygen atoms in total. The molecule has 0 amide bonds. The molecule has 0 fully saturated rings. The van der Waals surface area contributed by atoms with Gasteiger partial charge in [0, 0.05) is 0 Å². The van der Waals surface area contributed by atoms with Crippen LogP contribution in [-0.2, 0) is 0 Å². The molecule has 0 unspecified atom stereocenters. The van der Waals surface area contributed by atoms with Gasteiger partial charge >= 0.3 is 0 Å². The van der Waals surface area contributed by atoms with Gasteiger partial charge in [-0.05, 0) is 15.9 Å². The maximum atomic E-state index is 5.21. The molecule has 0 saturated heterocycles. The summed E-state index contributed by atoms with van der Waals surface area (Å²) < 4.78 is 0.766. The molecule has 1 rings (SSSR count). The van der Waals surface area contributed by atoms with Crippen molar-refractivity contribution in [1.82, 2.24) is 0 Å². The Morgan fingerprint density at radius 3 is 2.33 bits per heavy atom. The first-order chi connectivity index (χ1) is 2.80. The summed E-state index contributed by atoms with van der Waals surface area (Å²) in [6.07, 6.45) is 1.60. The topological polar surface area (TPSA) is 38.4 Å². The summed E-state index contributed by atoms with van der Waals surface area (Å²) in [5, 5.41) is 0. The molecular weight excluding hydrogens is 144 g/mol. The van der Waals surface area contributed by atoms with E-state index in [1.165, 1.54) is 0 Å². The summed E-state index contributed by atoms with van der Waals surface area (Å²) in [6.45, 7) is 0. The minimum absolute atomic E-state index is 0.731. The predicted molar refractivity (Wildman–Crippen MR) is 28.6 cm³/mol. The predicted octanol–water partition coefficient (Wildman–Crippen LogP) is 0.594. The summed E-state index contributed by atoms with van der Waals surface area (Å²) in [5.41, 5.74) is 5.94. The van der Waals surface area contributed by atoms with Gasteiger partial charge in [-0.1, -0.05) is 0 Å². The number of allylic oxidation sites excluding steroid dienone is 1. The average Bonchev–Trinajstić information content (AvgIpc) is 1.61. The van der Waals surface area contributed by atoms with Crippen LogP contribution >= 0.6 is 15.9 Å². The van der Waals surface area contributed by atoms with Crippen molar-refractivity contribution in [3.63, 3.8) is 0 Å². The van der Waals surface area contributed by atoms with Gasteiger partial charge in [0.05, 0.1) is 11.9 Å². The molecule has 2 N–H and O–H groups in total. The van der Waals surface area contributed by atoms with E-state index in [-0.39, 0.29) is 0 Å². The van der Waals surface area contributed by atoms with Crippen LogP contribution in [0, 0.1) is 0 Å². The molecule has 32 valence electrons. The Hall–Kier alpha value is -0.310. The number of hydrogen-bond acceptors (Lipinski definition) is 2. The van der Waals surface area contributed by atoms with Crippen molar-refractivity contribution < 1.29 is 0 Å². The maximum absolute atomic E-state index is 5.21. The zero-order chi connectivity index (χ0) is 4.57. The summed E-state index contributed by atoms with van der Waals surface area (Å²) in [6, 6.07) is 0. The molecule has 1 heterocycles. The lowest BCUT2D eigenvalue weighted by molar-refractivity contribution is 1.34. The van der Waals surface area contributed by atoms with Crippen molar-refractivity contribution in [3.8, 4) is 0 Å². The van der Waals surface area contributed by atoms with Crippen LogP contribution in [0.15, 0.2) is 16.9 Å². The minimum atomic E-state index is 0.731. The Kier molecular flexibility index (Phi) is 0.696. The van der Waals surface area contributed by atoms with E-state index in [0.717, 1.165) is 10.3 Å². The molecule has 0 aromatic carbocycles. The zero-order valence-electron chi connectivity index (χ0n) is 2.98. The van der Waals surface area contributed by atoms with Crippen LogP contribution in [-0.4, -0.2) is 4.62 Å². The Bertz CT molecular complexity index is 109. The first-order valence-electron chi connectivity index (χ1n) is 1.50. The van der Waals surface area contributed by atoms with Gasteiger partial charge in [0.25, 0.3) is 0 Å². The van der Waals surface area contributed by atoms with Gasteiger partial charge in [0.2, 0.25) is 0 Å². The highest BCUT2D eigenvalue weighted by molar-refractivity contribution is 9.18. The highest BCUT2D eigenvalue weighted by atomic mass is 79.9. The Morgan fingerprint density at radius 2 is 2.33 bits per heavy atom. The SMILES string of the molecule is NC1=CN=C1Br. The molecule has 0 radical (unpaired) electrons. The van der Waals surface area contributed by atoms with Gasteiger partial charge in [-0.2, -0.15) is 0 Å². The number of rotatable bonds is 0. The van der Waals surface area contributed by atoms with E-state index >= 15 is 0 Å². The van der Waals surface area contributed by atoms with Crippen molar-refractivity contribution >= 4 is 20.6 Å². The fourth-order valence-corrected chi connectivity index (χ4v) is 0.393. The third kappa shape index (κ3) is 0.354. The van der Waals surface area contributed by atoms with Crippen LogP contribution in [0.5, 0.6) is 0 Å². The lowest BCUT2D eigenvalue weighted by Gasteiger charge is -2.01. The second kappa shape index (κ2) is 1.08. The lowest BCUT2D eigenvalue weighted by atomic mass is 10.4. The first kappa shape index (κ1) is 3.87. The number of aliphatic imine (C=N–C) groups is 1. The number of nitrogens with zero attached hydrogens (tertiary/aromatic N) is 1. The molecule has 6 heavy (non-hydrogen) atoms. The molecule has 3 heteroatoms. The number of hydrogen-bond donors (Lipinski definition) is 1. The Morgan fingerprint density at radius 1 is 1.83 bits per heavy atom. The van der Waals surface area contributed by atoms with Gasteiger partial charge < -0.3 is 5.73 Å². The molecule has 0 saturated carbocycles. The molecule has 1 aliphatic heterocycles. The van der Waals surface area contributed by atoms with Gasteiger partial charge in [-0.25, -0.2) is 4.99 Å². The van der Waals surface area contributed by atoms with Gasteiger partial charge in [-0.15, -0.1) is 0 Å². The van der Waals surface area contributed by atoms with Crippen LogP contribution in [0.25, 0.3) is 0 Å². The van der Waals surface area contributed by atoms with Crippen LogP contribution in [0.1, 0.15) is 0 Å². The van der Waals surface area contributed by atoms with Crippen molar-refractivity contribution in [2.75, 3.05) is 0 Å². The second-order valence-electron chi connectivity index (χ2n) is 1.00. The highest BCUT2D eigenvalue weighted by Gasteiger charge is 2.02. The van der Waals surface area contributed by atoms with Crippen LogP contribution in [0.2, 0.25) is 0 Å². The second-order valence-corrected chi connectivity index (χ2v) is 1.76. The molecule has 0 aliphatic carbocycles. The first-order valence-corrected chi connectivity index (χ1v) is 2.29. The molecular formula is C3H3BrN2. The highest BCUT2D eigenvalue weighted by Crippen LogP contribution is 2.07. The smallest absolute Gasteiger partial charge is 0.130 e. The Balaban J connectivity index is 2.63. The average molecular weight is 147 g/mol. The molecule has 0 atom stereocenters. The fraction of sp³-hybridized carbons (Fsp3) is 0. The van der Waals surface area contributed by atoms with Crippen LogP contribution in [0.4, 0.5) is 0 Å². The van der Waals surface area contributed by atoms with Crippen LogP contribution in [0.3, 0.4) is 0 Å². The number of nitrogens with two attached hydrogens (primary N) is 1. The van der Waals surface area contributed by atoms with Gasteiger partial charge in [-0.3, -0.25) is 0 Å². The Labute approximate surface area is 43.9 Å². The third-order valence-corrected chi connectivity index (χ3v) is 1.22. The van der Waals surface area contributed by atoms with E-state index in [2.05, 4.69) is 20.9 Å². The standard InChI is InChI=1S/C3H3BrN2/c4-3-2(5)1-6-3/h1H,5H2. The molecule has 1 aliphatic rings. The normalized spacial score (nSPS) is 18.2. The van der Waals surface area contributed by atoms with Crippen molar-refractivity contribution in [2.45, 2.75) is 0 Å². The van der Waals surface area contributed by atoms with E-state index in [9.17, 15) is 0 Å². The van der Waals surface area contributed by atoms with Crippen molar-refractivity contribution in [1.29, 1.82) is 0 Å². The fourth-order valence-electron chi connectivity index (χ4n) is 0.188.